The van der Waals surface area contributed by atoms with Crippen molar-refractivity contribution in [2.45, 2.75) is 37.8 Å². The summed E-state index contributed by atoms with van der Waals surface area (Å²) in [6.07, 6.45) is 4.56. The number of rotatable bonds is 9. The lowest BCUT2D eigenvalue weighted by Gasteiger charge is -2.36. The Labute approximate surface area is 189 Å². The summed E-state index contributed by atoms with van der Waals surface area (Å²) >= 11 is 5.94. The third-order valence-electron chi connectivity index (χ3n) is 6.08. The molecule has 6 nitrogen and oxygen atoms in total. The minimum Gasteiger partial charge on any atom is -0.493 e. The Balaban J connectivity index is 1.75. The van der Waals surface area contributed by atoms with Crippen molar-refractivity contribution in [2.75, 3.05) is 34.9 Å². The first-order valence-electron chi connectivity index (χ1n) is 10.5. The molecule has 1 aliphatic carbocycles. The Morgan fingerprint density at radius 1 is 1.06 bits per heavy atom. The number of nitrogens with one attached hydrogen (secondary N) is 1. The Bertz CT molecular complexity index is 868. The smallest absolute Gasteiger partial charge is 0.251 e. The number of carbonyl (C=O) groups is 1. The zero-order valence-electron chi connectivity index (χ0n) is 18.7. The van der Waals surface area contributed by atoms with E-state index in [1.165, 1.54) is 12.8 Å². The number of halogens is 1. The highest BCUT2D eigenvalue weighted by Gasteiger charge is 2.36. The van der Waals surface area contributed by atoms with Crippen LogP contribution >= 0.6 is 11.6 Å². The predicted octanol–water partition coefficient (Wildman–Crippen LogP) is 4.54. The van der Waals surface area contributed by atoms with Gasteiger partial charge in [0.15, 0.2) is 11.5 Å². The van der Waals surface area contributed by atoms with Gasteiger partial charge in [-0.3, -0.25) is 4.79 Å². The number of likely N-dealkylation sites (N-methyl/N-ethyl adjacent to an activating group) is 1. The maximum absolute atomic E-state index is 12.9. The van der Waals surface area contributed by atoms with Crippen LogP contribution in [0.2, 0.25) is 5.02 Å². The van der Waals surface area contributed by atoms with E-state index in [-0.39, 0.29) is 11.4 Å². The maximum atomic E-state index is 12.9. The average molecular weight is 447 g/mol. The predicted molar refractivity (Wildman–Crippen MR) is 123 cm³/mol. The third kappa shape index (κ3) is 5.43. The fourth-order valence-electron chi connectivity index (χ4n) is 4.05. The summed E-state index contributed by atoms with van der Waals surface area (Å²) in [5, 5.41) is 3.77. The van der Waals surface area contributed by atoms with Gasteiger partial charge in [-0.1, -0.05) is 36.6 Å². The van der Waals surface area contributed by atoms with Crippen molar-refractivity contribution < 1.29 is 19.0 Å². The van der Waals surface area contributed by atoms with E-state index in [1.54, 1.807) is 26.4 Å². The number of ether oxygens (including phenoxy) is 3. The van der Waals surface area contributed by atoms with E-state index in [1.807, 2.05) is 24.3 Å². The van der Waals surface area contributed by atoms with Crippen molar-refractivity contribution in [1.82, 2.24) is 10.2 Å². The summed E-state index contributed by atoms with van der Waals surface area (Å²) in [6, 6.07) is 10.8. The Morgan fingerprint density at radius 3 is 2.16 bits per heavy atom. The zero-order chi connectivity index (χ0) is 22.4. The van der Waals surface area contributed by atoms with Crippen LogP contribution in [0.15, 0.2) is 36.4 Å². The van der Waals surface area contributed by atoms with Crippen LogP contribution in [0.5, 0.6) is 17.2 Å². The summed E-state index contributed by atoms with van der Waals surface area (Å²) in [4.78, 5) is 15.2. The summed E-state index contributed by atoms with van der Waals surface area (Å²) in [5.41, 5.74) is 1.45. The van der Waals surface area contributed by atoms with Gasteiger partial charge in [0.25, 0.3) is 5.91 Å². The molecular weight excluding hydrogens is 416 g/mol. The molecule has 2 aromatic rings. The van der Waals surface area contributed by atoms with Crippen molar-refractivity contribution in [3.63, 3.8) is 0 Å². The van der Waals surface area contributed by atoms with E-state index in [0.29, 0.717) is 41.0 Å². The first-order valence-corrected chi connectivity index (χ1v) is 10.9. The zero-order valence-corrected chi connectivity index (χ0v) is 19.4. The standard InChI is InChI=1S/C24H31ClN2O4/c1-27(2)24(11-5-6-12-24)16-26-23(28)18-13-20(29-3)22(21(14-18)30-4)31-15-17-7-9-19(25)10-8-17/h7-10,13-14H,5-6,11-12,15-16H2,1-4H3,(H,26,28). The minimum absolute atomic E-state index is 0.0193. The van der Waals surface area contributed by atoms with Crippen LogP contribution in [0.3, 0.4) is 0 Å². The topological polar surface area (TPSA) is 60.0 Å². The monoisotopic (exact) mass is 446 g/mol. The van der Waals surface area contributed by atoms with E-state index < -0.39 is 0 Å². The van der Waals surface area contributed by atoms with Crippen LogP contribution in [-0.2, 0) is 6.61 Å². The number of hydrogen-bond acceptors (Lipinski definition) is 5. The second kappa shape index (κ2) is 10.2. The molecule has 0 spiro atoms. The molecule has 31 heavy (non-hydrogen) atoms. The van der Waals surface area contributed by atoms with E-state index in [4.69, 9.17) is 25.8 Å². The van der Waals surface area contributed by atoms with Gasteiger partial charge in [-0.2, -0.15) is 0 Å². The summed E-state index contributed by atoms with van der Waals surface area (Å²) in [7, 11) is 7.25. The molecule has 0 unspecified atom stereocenters. The SMILES string of the molecule is COc1cc(C(=O)NCC2(N(C)C)CCCC2)cc(OC)c1OCc1ccc(Cl)cc1. The van der Waals surface area contributed by atoms with Gasteiger partial charge in [-0.25, -0.2) is 0 Å². The second-order valence-corrected chi connectivity index (χ2v) is 8.57. The molecule has 0 aliphatic heterocycles. The molecule has 0 heterocycles. The van der Waals surface area contributed by atoms with Crippen LogP contribution in [0.4, 0.5) is 0 Å². The molecular formula is C24H31ClN2O4. The van der Waals surface area contributed by atoms with Gasteiger partial charge in [0, 0.05) is 22.7 Å². The number of benzene rings is 2. The second-order valence-electron chi connectivity index (χ2n) is 8.13. The molecule has 7 heteroatoms. The van der Waals surface area contributed by atoms with E-state index in [2.05, 4.69) is 24.3 Å². The summed E-state index contributed by atoms with van der Waals surface area (Å²) in [5.74, 6) is 1.19. The molecule has 3 rings (SSSR count). The quantitative estimate of drug-likeness (QED) is 0.612. The highest BCUT2D eigenvalue weighted by atomic mass is 35.5. The fourth-order valence-corrected chi connectivity index (χ4v) is 4.18. The van der Waals surface area contributed by atoms with Gasteiger partial charge in [0.1, 0.15) is 6.61 Å². The molecule has 0 radical (unpaired) electrons. The van der Waals surface area contributed by atoms with E-state index in [0.717, 1.165) is 18.4 Å². The van der Waals surface area contributed by atoms with E-state index in [9.17, 15) is 4.79 Å². The van der Waals surface area contributed by atoms with Gasteiger partial charge >= 0.3 is 0 Å². The lowest BCUT2D eigenvalue weighted by molar-refractivity contribution is 0.0899. The Morgan fingerprint density at radius 2 is 1.65 bits per heavy atom. The Hall–Kier alpha value is -2.44. The number of hydrogen-bond donors (Lipinski definition) is 1. The van der Waals surface area contributed by atoms with Crippen molar-refractivity contribution in [2.24, 2.45) is 0 Å². The molecule has 0 aromatic heterocycles. The lowest BCUT2D eigenvalue weighted by Crippen LogP contribution is -2.50. The first-order chi connectivity index (χ1) is 14.9. The molecule has 0 saturated heterocycles. The number of carbonyl (C=O) groups excluding carboxylic acids is 1. The molecule has 0 bridgehead atoms. The molecule has 1 saturated carbocycles. The average Bonchev–Trinajstić information content (AvgIpc) is 3.27. The Kier molecular flexibility index (Phi) is 7.68. The van der Waals surface area contributed by atoms with Crippen LogP contribution < -0.4 is 19.5 Å². The molecule has 2 aromatic carbocycles. The van der Waals surface area contributed by atoms with Crippen LogP contribution in [0.25, 0.3) is 0 Å². The number of amides is 1. The lowest BCUT2D eigenvalue weighted by atomic mass is 9.96. The number of nitrogens with zero attached hydrogens (tertiary/aromatic N) is 1. The van der Waals surface area contributed by atoms with Crippen LogP contribution in [0, 0.1) is 0 Å². The molecule has 168 valence electrons. The highest BCUT2D eigenvalue weighted by Crippen LogP contribution is 2.39. The maximum Gasteiger partial charge on any atom is 0.251 e. The van der Waals surface area contributed by atoms with Gasteiger partial charge in [0.05, 0.1) is 14.2 Å². The van der Waals surface area contributed by atoms with Gasteiger partial charge in [-0.05, 0) is 56.8 Å². The van der Waals surface area contributed by atoms with Gasteiger partial charge < -0.3 is 24.4 Å². The minimum atomic E-state index is -0.158. The van der Waals surface area contributed by atoms with Gasteiger partial charge in [0.2, 0.25) is 5.75 Å². The molecule has 1 N–H and O–H groups in total. The van der Waals surface area contributed by atoms with E-state index >= 15 is 0 Å². The summed E-state index contributed by atoms with van der Waals surface area (Å²) < 4.78 is 17.0. The van der Waals surface area contributed by atoms with Crippen molar-refractivity contribution in [1.29, 1.82) is 0 Å². The molecule has 1 fully saturated rings. The third-order valence-corrected chi connectivity index (χ3v) is 6.33. The van der Waals surface area contributed by atoms with Crippen molar-refractivity contribution in [3.8, 4) is 17.2 Å². The fraction of sp³-hybridized carbons (Fsp3) is 0.458. The normalized spacial score (nSPS) is 15.0. The van der Waals surface area contributed by atoms with Crippen LogP contribution in [0.1, 0.15) is 41.6 Å². The molecule has 1 aliphatic rings. The first kappa shape index (κ1) is 23.2. The molecule has 1 amide bonds. The van der Waals surface area contributed by atoms with Crippen molar-refractivity contribution >= 4 is 17.5 Å². The highest BCUT2D eigenvalue weighted by molar-refractivity contribution is 6.30. The number of methoxy groups -OCH3 is 2. The largest absolute Gasteiger partial charge is 0.493 e. The summed E-state index contributed by atoms with van der Waals surface area (Å²) in [6.45, 7) is 0.930. The van der Waals surface area contributed by atoms with Crippen LogP contribution in [-0.4, -0.2) is 51.2 Å². The molecule has 0 atom stereocenters. The van der Waals surface area contributed by atoms with Gasteiger partial charge in [-0.15, -0.1) is 0 Å². The van der Waals surface area contributed by atoms with Crippen molar-refractivity contribution in [3.05, 3.63) is 52.5 Å².